The topological polar surface area (TPSA) is 85.8 Å². The molecule has 2 aromatic heterocycles. The third-order valence-corrected chi connectivity index (χ3v) is 2.82. The predicted molar refractivity (Wildman–Crippen MR) is 71.8 cm³/mol. The van der Waals surface area contributed by atoms with Gasteiger partial charge in [0.05, 0.1) is 12.7 Å². The van der Waals surface area contributed by atoms with Crippen LogP contribution in [0.3, 0.4) is 0 Å². The van der Waals surface area contributed by atoms with Crippen molar-refractivity contribution in [3.05, 3.63) is 29.7 Å². The van der Waals surface area contributed by atoms with Gasteiger partial charge in [0.25, 0.3) is 0 Å². The third kappa shape index (κ3) is 3.91. The number of carbonyl (C=O) groups is 1. The van der Waals surface area contributed by atoms with Crippen LogP contribution in [0.2, 0.25) is 0 Å². The van der Waals surface area contributed by atoms with Crippen molar-refractivity contribution in [1.82, 2.24) is 25.2 Å². The van der Waals surface area contributed by atoms with Crippen LogP contribution >= 0.6 is 0 Å². The Hall–Kier alpha value is -2.18. The van der Waals surface area contributed by atoms with Crippen LogP contribution in [0, 0.1) is 0 Å². The molecule has 0 aliphatic rings. The fourth-order valence-electron chi connectivity index (χ4n) is 1.70. The molecule has 2 aromatic rings. The molecule has 0 fully saturated rings. The number of carbonyl (C=O) groups excluding carboxylic acids is 1. The number of aryl methyl sites for hydroxylation is 2. The van der Waals surface area contributed by atoms with E-state index in [1.807, 2.05) is 27.1 Å². The van der Waals surface area contributed by atoms with E-state index in [4.69, 9.17) is 4.52 Å². The Labute approximate surface area is 117 Å². The van der Waals surface area contributed by atoms with Gasteiger partial charge in [0, 0.05) is 25.6 Å². The van der Waals surface area contributed by atoms with Crippen LogP contribution in [0.1, 0.15) is 43.5 Å². The molecule has 0 aliphatic heterocycles. The number of amides is 1. The summed E-state index contributed by atoms with van der Waals surface area (Å²) in [4.78, 5) is 15.9. The lowest BCUT2D eigenvalue weighted by atomic mass is 10.2. The van der Waals surface area contributed by atoms with Crippen molar-refractivity contribution in [3.63, 3.8) is 0 Å². The van der Waals surface area contributed by atoms with Crippen molar-refractivity contribution in [2.75, 3.05) is 0 Å². The molecule has 2 heterocycles. The van der Waals surface area contributed by atoms with Gasteiger partial charge in [-0.15, -0.1) is 0 Å². The lowest BCUT2D eigenvalue weighted by Gasteiger charge is -2.01. The molecule has 20 heavy (non-hydrogen) atoms. The van der Waals surface area contributed by atoms with Gasteiger partial charge in [0.1, 0.15) is 0 Å². The van der Waals surface area contributed by atoms with Crippen molar-refractivity contribution >= 4 is 5.91 Å². The summed E-state index contributed by atoms with van der Waals surface area (Å²) in [6.45, 7) is 4.25. The summed E-state index contributed by atoms with van der Waals surface area (Å²) in [6, 6.07) is 0. The summed E-state index contributed by atoms with van der Waals surface area (Å²) in [7, 11) is 1.85. The monoisotopic (exact) mass is 277 g/mol. The summed E-state index contributed by atoms with van der Waals surface area (Å²) >= 11 is 0. The predicted octanol–water partition coefficient (Wildman–Crippen LogP) is 1.18. The minimum atomic E-state index is -0.0373. The Kier molecular flexibility index (Phi) is 4.49. The third-order valence-electron chi connectivity index (χ3n) is 2.82. The molecule has 2 rings (SSSR count). The number of rotatable bonds is 6. The Morgan fingerprint density at radius 2 is 2.30 bits per heavy atom. The van der Waals surface area contributed by atoms with E-state index in [0.29, 0.717) is 31.1 Å². The molecule has 0 aromatic carbocycles. The van der Waals surface area contributed by atoms with Crippen LogP contribution in [0.4, 0.5) is 0 Å². The normalized spacial score (nSPS) is 11.0. The Morgan fingerprint density at radius 3 is 2.90 bits per heavy atom. The highest BCUT2D eigenvalue weighted by Crippen LogP contribution is 2.10. The standard InChI is InChI=1S/C13H19N5O2/c1-9(2)13-16-11(17-20-13)7-14-12(19)5-4-10-6-15-18(3)8-10/h6,8-9H,4-5,7H2,1-3H3,(H,14,19). The average Bonchev–Trinajstić information content (AvgIpc) is 3.03. The van der Waals surface area contributed by atoms with Crippen LogP contribution in [-0.2, 0) is 24.8 Å². The van der Waals surface area contributed by atoms with E-state index in [-0.39, 0.29) is 11.8 Å². The molecule has 0 spiro atoms. The van der Waals surface area contributed by atoms with Gasteiger partial charge in [-0.05, 0) is 12.0 Å². The molecule has 0 unspecified atom stereocenters. The van der Waals surface area contributed by atoms with E-state index in [1.165, 1.54) is 0 Å². The van der Waals surface area contributed by atoms with E-state index in [0.717, 1.165) is 5.56 Å². The number of nitrogens with one attached hydrogen (secondary N) is 1. The molecule has 0 bridgehead atoms. The lowest BCUT2D eigenvalue weighted by Crippen LogP contribution is -2.23. The zero-order valence-corrected chi connectivity index (χ0v) is 12.0. The highest BCUT2D eigenvalue weighted by molar-refractivity contribution is 5.76. The Balaban J connectivity index is 1.74. The quantitative estimate of drug-likeness (QED) is 0.856. The molecule has 0 aliphatic carbocycles. The van der Waals surface area contributed by atoms with Crippen LogP contribution in [0.15, 0.2) is 16.9 Å². The highest BCUT2D eigenvalue weighted by atomic mass is 16.5. The maximum absolute atomic E-state index is 11.7. The lowest BCUT2D eigenvalue weighted by molar-refractivity contribution is -0.121. The van der Waals surface area contributed by atoms with Crippen molar-refractivity contribution in [2.24, 2.45) is 7.05 Å². The molecule has 7 nitrogen and oxygen atoms in total. The van der Waals surface area contributed by atoms with E-state index >= 15 is 0 Å². The first-order chi connectivity index (χ1) is 9.54. The number of hydrogen-bond acceptors (Lipinski definition) is 5. The second kappa shape index (κ2) is 6.31. The van der Waals surface area contributed by atoms with Gasteiger partial charge < -0.3 is 9.84 Å². The summed E-state index contributed by atoms with van der Waals surface area (Å²) in [5.74, 6) is 1.25. The molecule has 108 valence electrons. The minimum absolute atomic E-state index is 0.0373. The smallest absolute Gasteiger partial charge is 0.229 e. The summed E-state index contributed by atoms with van der Waals surface area (Å²) in [5.41, 5.74) is 1.05. The van der Waals surface area contributed by atoms with Crippen LogP contribution < -0.4 is 5.32 Å². The first-order valence-corrected chi connectivity index (χ1v) is 6.61. The van der Waals surface area contributed by atoms with E-state index < -0.39 is 0 Å². The van der Waals surface area contributed by atoms with Crippen molar-refractivity contribution in [3.8, 4) is 0 Å². The number of hydrogen-bond donors (Lipinski definition) is 1. The van der Waals surface area contributed by atoms with Gasteiger partial charge in [-0.3, -0.25) is 9.48 Å². The highest BCUT2D eigenvalue weighted by Gasteiger charge is 2.10. The van der Waals surface area contributed by atoms with Crippen molar-refractivity contribution < 1.29 is 9.32 Å². The van der Waals surface area contributed by atoms with E-state index in [9.17, 15) is 4.79 Å². The summed E-state index contributed by atoms with van der Waals surface area (Å²) in [5, 5.41) is 10.7. The fraction of sp³-hybridized carbons (Fsp3) is 0.538. The molecule has 0 radical (unpaired) electrons. The summed E-state index contributed by atoms with van der Waals surface area (Å²) in [6.07, 6.45) is 4.76. The number of aromatic nitrogens is 4. The molecular weight excluding hydrogens is 258 g/mol. The van der Waals surface area contributed by atoms with Gasteiger partial charge in [-0.25, -0.2) is 0 Å². The second-order valence-electron chi connectivity index (χ2n) is 5.00. The molecule has 0 saturated carbocycles. The average molecular weight is 277 g/mol. The summed E-state index contributed by atoms with van der Waals surface area (Å²) < 4.78 is 6.79. The number of nitrogens with zero attached hydrogens (tertiary/aromatic N) is 4. The van der Waals surface area contributed by atoms with Crippen LogP contribution in [0.5, 0.6) is 0 Å². The Morgan fingerprint density at radius 1 is 1.50 bits per heavy atom. The Bertz CT molecular complexity index is 573. The van der Waals surface area contributed by atoms with Gasteiger partial charge in [0.2, 0.25) is 11.8 Å². The minimum Gasteiger partial charge on any atom is -0.349 e. The largest absolute Gasteiger partial charge is 0.349 e. The molecule has 1 N–H and O–H groups in total. The van der Waals surface area contributed by atoms with Crippen molar-refractivity contribution in [2.45, 2.75) is 39.2 Å². The first kappa shape index (κ1) is 14.2. The molecule has 1 amide bonds. The SMILES string of the molecule is CC(C)c1nc(CNC(=O)CCc2cnn(C)c2)no1. The second-order valence-corrected chi connectivity index (χ2v) is 5.00. The van der Waals surface area contributed by atoms with Gasteiger partial charge in [0.15, 0.2) is 5.82 Å². The first-order valence-electron chi connectivity index (χ1n) is 6.61. The van der Waals surface area contributed by atoms with Crippen LogP contribution in [-0.4, -0.2) is 25.8 Å². The van der Waals surface area contributed by atoms with Crippen LogP contribution in [0.25, 0.3) is 0 Å². The van der Waals surface area contributed by atoms with Gasteiger partial charge in [-0.2, -0.15) is 10.1 Å². The molecule has 0 atom stereocenters. The fourth-order valence-corrected chi connectivity index (χ4v) is 1.70. The van der Waals surface area contributed by atoms with E-state index in [2.05, 4.69) is 20.6 Å². The molecule has 0 saturated heterocycles. The zero-order valence-electron chi connectivity index (χ0n) is 12.0. The van der Waals surface area contributed by atoms with Crippen molar-refractivity contribution in [1.29, 1.82) is 0 Å². The van der Waals surface area contributed by atoms with Gasteiger partial charge in [-0.1, -0.05) is 19.0 Å². The van der Waals surface area contributed by atoms with Gasteiger partial charge >= 0.3 is 0 Å². The maximum atomic E-state index is 11.7. The molecular formula is C13H19N5O2. The van der Waals surface area contributed by atoms with E-state index in [1.54, 1.807) is 10.9 Å². The zero-order chi connectivity index (χ0) is 14.5. The molecule has 7 heteroatoms. The maximum Gasteiger partial charge on any atom is 0.229 e.